The van der Waals surface area contributed by atoms with Crippen molar-refractivity contribution in [3.8, 4) is 0 Å². The van der Waals surface area contributed by atoms with Crippen LogP contribution in [-0.2, 0) is 11.8 Å². The van der Waals surface area contributed by atoms with E-state index in [-0.39, 0.29) is 5.41 Å². The first-order chi connectivity index (χ1) is 13.1. The minimum atomic E-state index is 0.0446. The maximum absolute atomic E-state index is 5.91. The number of nitrogens with zero attached hydrogens (tertiary/aromatic N) is 7. The van der Waals surface area contributed by atoms with Gasteiger partial charge in [0.15, 0.2) is 0 Å². The van der Waals surface area contributed by atoms with Crippen molar-refractivity contribution in [1.29, 1.82) is 0 Å². The summed E-state index contributed by atoms with van der Waals surface area (Å²) in [6.07, 6.45) is 7.97. The van der Waals surface area contributed by atoms with Crippen LogP contribution in [0.4, 0.5) is 11.6 Å². The smallest absolute Gasteiger partial charge is 0.220 e. The molecule has 1 atom stereocenters. The highest BCUT2D eigenvalue weighted by Gasteiger charge is 2.44. The largest absolute Gasteiger partial charge is 0.368 e. The predicted octanol–water partition coefficient (Wildman–Crippen LogP) is 2.10. The summed E-state index contributed by atoms with van der Waals surface area (Å²) in [6.45, 7) is 6.24. The van der Waals surface area contributed by atoms with Crippen LogP contribution < -0.4 is 10.6 Å². The van der Waals surface area contributed by atoms with Crippen LogP contribution in [0.1, 0.15) is 56.0 Å². The van der Waals surface area contributed by atoms with Gasteiger partial charge in [-0.15, -0.1) is 10.2 Å². The van der Waals surface area contributed by atoms with Crippen LogP contribution in [0.5, 0.6) is 0 Å². The molecule has 3 aromatic heterocycles. The number of aromatic nitrogens is 6. The summed E-state index contributed by atoms with van der Waals surface area (Å²) in [5.41, 5.74) is 11.3. The first kappa shape index (κ1) is 16.4. The van der Waals surface area contributed by atoms with Crippen molar-refractivity contribution < 1.29 is 0 Å². The van der Waals surface area contributed by atoms with Gasteiger partial charge in [0, 0.05) is 24.7 Å². The summed E-state index contributed by atoms with van der Waals surface area (Å²) in [7, 11) is 0. The van der Waals surface area contributed by atoms with E-state index in [4.69, 9.17) is 5.73 Å². The van der Waals surface area contributed by atoms with Crippen LogP contribution in [0, 0.1) is 0 Å². The molecule has 8 heteroatoms. The number of hydrogen-bond donors (Lipinski definition) is 1. The van der Waals surface area contributed by atoms with E-state index in [1.54, 1.807) is 10.8 Å². The maximum Gasteiger partial charge on any atom is 0.220 e. The van der Waals surface area contributed by atoms with Crippen LogP contribution in [0.2, 0.25) is 0 Å². The molecule has 8 nitrogen and oxygen atoms in total. The number of hydrogen-bond acceptors (Lipinski definition) is 7. The molecule has 1 spiro atoms. The molecule has 5 rings (SSSR count). The monoisotopic (exact) mass is 364 g/mol. The zero-order valence-electron chi connectivity index (χ0n) is 15.8. The number of aryl methyl sites for hydroxylation is 1. The Kier molecular flexibility index (Phi) is 3.57. The summed E-state index contributed by atoms with van der Waals surface area (Å²) in [5.74, 6) is 0.715. The number of nitrogens with two attached hydrogens (primary N) is 1. The third-order valence-corrected chi connectivity index (χ3v) is 6.03. The van der Waals surface area contributed by atoms with Gasteiger partial charge in [-0.25, -0.2) is 9.97 Å². The van der Waals surface area contributed by atoms with Gasteiger partial charge in [0.2, 0.25) is 11.6 Å². The molecule has 0 aromatic carbocycles. The molecule has 1 unspecified atom stereocenters. The summed E-state index contributed by atoms with van der Waals surface area (Å²) < 4.78 is 1.80. The minimum Gasteiger partial charge on any atom is -0.368 e. The SMILES string of the molecule is CC(C)c1cc(N2CCCC3(CCc4cnc(N)nc43)C2)c2nncn2n1. The molecule has 1 aliphatic heterocycles. The standard InChI is InChI=1S/C19H24N8/c1-12(2)14-8-15(17-24-22-11-27(17)25-14)26-7-3-5-19(10-26)6-4-13-9-21-18(20)23-16(13)19/h8-9,11-12H,3-7,10H2,1-2H3,(H2,20,21,23). The molecule has 1 saturated heterocycles. The van der Waals surface area contributed by atoms with Crippen molar-refractivity contribution in [2.75, 3.05) is 23.7 Å². The van der Waals surface area contributed by atoms with Crippen LogP contribution in [0.3, 0.4) is 0 Å². The molecule has 0 bridgehead atoms. The highest BCUT2D eigenvalue weighted by atomic mass is 15.4. The lowest BCUT2D eigenvalue weighted by Crippen LogP contribution is -2.45. The lowest BCUT2D eigenvalue weighted by Gasteiger charge is -2.41. The predicted molar refractivity (Wildman–Crippen MR) is 103 cm³/mol. The Morgan fingerprint density at radius 2 is 2.15 bits per heavy atom. The fourth-order valence-corrected chi connectivity index (χ4v) is 4.63. The summed E-state index contributed by atoms with van der Waals surface area (Å²) in [6, 6.07) is 2.18. The Balaban J connectivity index is 1.58. The normalized spacial score (nSPS) is 22.1. The van der Waals surface area contributed by atoms with Crippen LogP contribution >= 0.6 is 0 Å². The van der Waals surface area contributed by atoms with Gasteiger partial charge in [-0.3, -0.25) is 0 Å². The van der Waals surface area contributed by atoms with Crippen LogP contribution in [0.15, 0.2) is 18.6 Å². The van der Waals surface area contributed by atoms with Crippen molar-refractivity contribution in [1.82, 2.24) is 29.8 Å². The molecule has 0 radical (unpaired) electrons. The van der Waals surface area contributed by atoms with Crippen molar-refractivity contribution in [2.24, 2.45) is 0 Å². The van der Waals surface area contributed by atoms with Gasteiger partial charge < -0.3 is 10.6 Å². The minimum absolute atomic E-state index is 0.0446. The number of rotatable bonds is 2. The van der Waals surface area contributed by atoms with Crippen LogP contribution in [0.25, 0.3) is 5.65 Å². The van der Waals surface area contributed by atoms with E-state index in [0.29, 0.717) is 11.9 Å². The van der Waals surface area contributed by atoms with E-state index in [2.05, 4.69) is 50.1 Å². The van der Waals surface area contributed by atoms with Gasteiger partial charge >= 0.3 is 0 Å². The second-order valence-electron chi connectivity index (χ2n) is 8.12. The van der Waals surface area contributed by atoms with Crippen molar-refractivity contribution >= 4 is 17.3 Å². The first-order valence-corrected chi connectivity index (χ1v) is 9.63. The van der Waals surface area contributed by atoms with Crippen molar-refractivity contribution in [2.45, 2.75) is 50.9 Å². The Morgan fingerprint density at radius 3 is 3.00 bits per heavy atom. The Hall–Kier alpha value is -2.77. The molecular formula is C19H24N8. The van der Waals surface area contributed by atoms with Gasteiger partial charge in [-0.1, -0.05) is 13.8 Å². The molecule has 1 aliphatic carbocycles. The Bertz CT molecular complexity index is 1010. The fraction of sp³-hybridized carbons (Fsp3) is 0.526. The Morgan fingerprint density at radius 1 is 1.26 bits per heavy atom. The highest BCUT2D eigenvalue weighted by Crippen LogP contribution is 2.45. The van der Waals surface area contributed by atoms with E-state index in [1.165, 1.54) is 5.56 Å². The third-order valence-electron chi connectivity index (χ3n) is 6.03. The molecule has 27 heavy (non-hydrogen) atoms. The topological polar surface area (TPSA) is 98.1 Å². The first-order valence-electron chi connectivity index (χ1n) is 9.63. The summed E-state index contributed by atoms with van der Waals surface area (Å²) >= 11 is 0. The third kappa shape index (κ3) is 2.54. The molecular weight excluding hydrogens is 340 g/mol. The molecule has 1 fully saturated rings. The maximum atomic E-state index is 5.91. The van der Waals surface area contributed by atoms with E-state index < -0.39 is 0 Å². The molecule has 4 heterocycles. The lowest BCUT2D eigenvalue weighted by molar-refractivity contribution is 0.334. The molecule has 2 N–H and O–H groups in total. The van der Waals surface area contributed by atoms with Crippen LogP contribution in [-0.4, -0.2) is 42.9 Å². The van der Waals surface area contributed by atoms with Crippen molar-refractivity contribution in [3.63, 3.8) is 0 Å². The average Bonchev–Trinajstić information content (AvgIpc) is 3.26. The van der Waals surface area contributed by atoms with Gasteiger partial charge in [0.1, 0.15) is 6.33 Å². The van der Waals surface area contributed by atoms with E-state index in [0.717, 1.165) is 61.5 Å². The van der Waals surface area contributed by atoms with E-state index in [9.17, 15) is 0 Å². The molecule has 3 aromatic rings. The molecule has 2 aliphatic rings. The van der Waals surface area contributed by atoms with Gasteiger partial charge in [0.25, 0.3) is 0 Å². The quantitative estimate of drug-likeness (QED) is 0.743. The number of fused-ring (bicyclic) bond motifs is 3. The number of piperidine rings is 1. The van der Waals surface area contributed by atoms with Gasteiger partial charge in [-0.2, -0.15) is 9.61 Å². The molecule has 0 saturated carbocycles. The van der Waals surface area contributed by atoms with E-state index in [1.807, 2.05) is 6.20 Å². The zero-order valence-corrected chi connectivity index (χ0v) is 15.8. The van der Waals surface area contributed by atoms with Gasteiger partial charge in [-0.05, 0) is 43.2 Å². The van der Waals surface area contributed by atoms with E-state index >= 15 is 0 Å². The fourth-order valence-electron chi connectivity index (χ4n) is 4.63. The second-order valence-corrected chi connectivity index (χ2v) is 8.12. The number of nitrogen functional groups attached to an aromatic ring is 1. The number of anilines is 2. The Labute approximate surface area is 157 Å². The highest BCUT2D eigenvalue weighted by molar-refractivity contribution is 5.69. The zero-order chi connectivity index (χ0) is 18.6. The average molecular weight is 364 g/mol. The van der Waals surface area contributed by atoms with Gasteiger partial charge in [0.05, 0.1) is 17.1 Å². The summed E-state index contributed by atoms with van der Waals surface area (Å²) in [4.78, 5) is 11.3. The summed E-state index contributed by atoms with van der Waals surface area (Å²) in [5, 5.41) is 13.1. The lowest BCUT2D eigenvalue weighted by atomic mass is 9.77. The second kappa shape index (κ2) is 5.87. The van der Waals surface area contributed by atoms with Crippen molar-refractivity contribution in [3.05, 3.63) is 35.5 Å². The molecule has 140 valence electrons. The molecule has 0 amide bonds.